The molecule has 14 heavy (non-hydrogen) atoms. The molecule has 0 saturated heterocycles. The molecule has 2 rings (SSSR count). The molecule has 0 spiro atoms. The Balaban J connectivity index is 2.19. The molecule has 74 valence electrons. The van der Waals surface area contributed by atoms with E-state index >= 15 is 0 Å². The lowest BCUT2D eigenvalue weighted by Gasteiger charge is -2.22. The highest BCUT2D eigenvalue weighted by Gasteiger charge is 2.15. The number of halogens is 1. The van der Waals surface area contributed by atoms with Crippen molar-refractivity contribution in [3.05, 3.63) is 46.0 Å². The predicted molar refractivity (Wildman–Crippen MR) is 61.2 cm³/mol. The van der Waals surface area contributed by atoms with E-state index in [1.54, 1.807) is 0 Å². The molecular formula is C12H13BrO. The van der Waals surface area contributed by atoms with Gasteiger partial charge < -0.3 is 4.74 Å². The third-order valence-electron chi connectivity index (χ3n) is 2.46. The van der Waals surface area contributed by atoms with Gasteiger partial charge in [0.2, 0.25) is 0 Å². The second kappa shape index (κ2) is 4.28. The van der Waals surface area contributed by atoms with E-state index in [9.17, 15) is 0 Å². The van der Waals surface area contributed by atoms with Crippen LogP contribution in [0.3, 0.4) is 0 Å². The van der Waals surface area contributed by atoms with E-state index in [4.69, 9.17) is 4.74 Å². The molecule has 0 N–H and O–H groups in total. The van der Waals surface area contributed by atoms with Crippen LogP contribution in [0.2, 0.25) is 0 Å². The third kappa shape index (κ3) is 2.25. The van der Waals surface area contributed by atoms with Crippen LogP contribution < -0.4 is 0 Å². The van der Waals surface area contributed by atoms with Crippen molar-refractivity contribution in [2.45, 2.75) is 19.4 Å². The Bertz CT molecular complexity index is 357. The minimum Gasteiger partial charge on any atom is -0.369 e. The van der Waals surface area contributed by atoms with Crippen molar-refractivity contribution in [1.82, 2.24) is 0 Å². The molecule has 1 nitrogen and oxygen atoms in total. The summed E-state index contributed by atoms with van der Waals surface area (Å²) in [7, 11) is 0. The topological polar surface area (TPSA) is 9.23 Å². The summed E-state index contributed by atoms with van der Waals surface area (Å²) in [5.74, 6) is 0. The van der Waals surface area contributed by atoms with Crippen molar-refractivity contribution in [1.29, 1.82) is 0 Å². The molecule has 0 saturated carbocycles. The van der Waals surface area contributed by atoms with Crippen molar-refractivity contribution >= 4 is 15.9 Å². The van der Waals surface area contributed by atoms with Gasteiger partial charge in [0.25, 0.3) is 0 Å². The van der Waals surface area contributed by atoms with Crippen LogP contribution in [0.4, 0.5) is 0 Å². The van der Waals surface area contributed by atoms with Gasteiger partial charge in [-0.15, -0.1) is 0 Å². The molecule has 1 heterocycles. The molecule has 0 aliphatic carbocycles. The van der Waals surface area contributed by atoms with Gasteiger partial charge in [0.1, 0.15) is 0 Å². The number of hydrogen-bond acceptors (Lipinski definition) is 1. The molecule has 1 unspecified atom stereocenters. The normalized spacial score (nSPS) is 21.9. The first kappa shape index (κ1) is 9.94. The standard InChI is InChI=1S/C12H13BrO/c1-9-5-6-14-12(7-9)10-3-2-4-11(13)8-10/h2-5,8,12H,6-7H2,1H3. The molecule has 0 amide bonds. The van der Waals surface area contributed by atoms with Gasteiger partial charge in [0, 0.05) is 4.47 Å². The summed E-state index contributed by atoms with van der Waals surface area (Å²) in [5.41, 5.74) is 2.67. The average Bonchev–Trinajstić information content (AvgIpc) is 2.18. The van der Waals surface area contributed by atoms with Crippen molar-refractivity contribution in [3.63, 3.8) is 0 Å². The monoisotopic (exact) mass is 252 g/mol. The second-order valence-electron chi connectivity index (χ2n) is 3.63. The number of rotatable bonds is 1. The van der Waals surface area contributed by atoms with Gasteiger partial charge in [-0.25, -0.2) is 0 Å². The molecule has 0 aromatic heterocycles. The Morgan fingerprint density at radius 1 is 1.43 bits per heavy atom. The number of ether oxygens (including phenoxy) is 1. The first-order valence-corrected chi connectivity index (χ1v) is 5.58. The summed E-state index contributed by atoms with van der Waals surface area (Å²) in [5, 5.41) is 0. The average molecular weight is 253 g/mol. The summed E-state index contributed by atoms with van der Waals surface area (Å²) in [6.45, 7) is 2.90. The Kier molecular flexibility index (Phi) is 3.04. The van der Waals surface area contributed by atoms with Crippen LogP contribution in [0.25, 0.3) is 0 Å². The van der Waals surface area contributed by atoms with E-state index in [1.165, 1.54) is 11.1 Å². The van der Waals surface area contributed by atoms with Crippen LogP contribution in [0.1, 0.15) is 25.0 Å². The van der Waals surface area contributed by atoms with Gasteiger partial charge in [-0.3, -0.25) is 0 Å². The van der Waals surface area contributed by atoms with Gasteiger partial charge >= 0.3 is 0 Å². The first-order valence-electron chi connectivity index (χ1n) is 4.78. The fourth-order valence-electron chi connectivity index (χ4n) is 1.66. The van der Waals surface area contributed by atoms with Gasteiger partial charge in [0.05, 0.1) is 12.7 Å². The van der Waals surface area contributed by atoms with Crippen LogP contribution in [0.5, 0.6) is 0 Å². The zero-order valence-electron chi connectivity index (χ0n) is 8.16. The maximum absolute atomic E-state index is 5.69. The molecule has 1 aromatic carbocycles. The van der Waals surface area contributed by atoms with Gasteiger partial charge in [-0.2, -0.15) is 0 Å². The minimum absolute atomic E-state index is 0.234. The lowest BCUT2D eigenvalue weighted by Crippen LogP contribution is -2.10. The van der Waals surface area contributed by atoms with E-state index < -0.39 is 0 Å². The fraction of sp³-hybridized carbons (Fsp3) is 0.333. The molecule has 1 aromatic rings. The van der Waals surface area contributed by atoms with Crippen molar-refractivity contribution in [2.75, 3.05) is 6.61 Å². The molecule has 1 aliphatic heterocycles. The Labute approximate surface area is 92.9 Å². The minimum atomic E-state index is 0.234. The second-order valence-corrected chi connectivity index (χ2v) is 4.55. The molecule has 1 atom stereocenters. The Morgan fingerprint density at radius 2 is 2.29 bits per heavy atom. The summed E-state index contributed by atoms with van der Waals surface area (Å²) >= 11 is 3.47. The van der Waals surface area contributed by atoms with Gasteiger partial charge in [-0.1, -0.05) is 39.7 Å². The fourth-order valence-corrected chi connectivity index (χ4v) is 2.08. The summed E-state index contributed by atoms with van der Waals surface area (Å²) in [6, 6.07) is 8.34. The molecular weight excluding hydrogens is 240 g/mol. The quantitative estimate of drug-likeness (QED) is 0.690. The van der Waals surface area contributed by atoms with Crippen molar-refractivity contribution < 1.29 is 4.74 Å². The highest BCUT2D eigenvalue weighted by molar-refractivity contribution is 9.10. The zero-order chi connectivity index (χ0) is 9.97. The lowest BCUT2D eigenvalue weighted by atomic mass is 10.0. The Morgan fingerprint density at radius 3 is 3.00 bits per heavy atom. The highest BCUT2D eigenvalue weighted by atomic mass is 79.9. The van der Waals surface area contributed by atoms with E-state index in [1.807, 2.05) is 6.07 Å². The van der Waals surface area contributed by atoms with Crippen LogP contribution in [0, 0.1) is 0 Å². The molecule has 1 aliphatic rings. The van der Waals surface area contributed by atoms with Crippen LogP contribution in [-0.2, 0) is 4.74 Å². The van der Waals surface area contributed by atoms with Crippen molar-refractivity contribution in [2.24, 2.45) is 0 Å². The van der Waals surface area contributed by atoms with Crippen molar-refractivity contribution in [3.8, 4) is 0 Å². The zero-order valence-corrected chi connectivity index (χ0v) is 9.75. The SMILES string of the molecule is CC1=CCOC(c2cccc(Br)c2)C1. The maximum atomic E-state index is 5.69. The van der Waals surface area contributed by atoms with Gasteiger partial charge in [-0.05, 0) is 31.0 Å². The van der Waals surface area contributed by atoms with Crippen LogP contribution in [0.15, 0.2) is 40.4 Å². The predicted octanol–water partition coefficient (Wildman–Crippen LogP) is 3.86. The molecule has 2 heteroatoms. The molecule has 0 radical (unpaired) electrons. The number of hydrogen-bond donors (Lipinski definition) is 0. The smallest absolute Gasteiger partial charge is 0.0866 e. The highest BCUT2D eigenvalue weighted by Crippen LogP contribution is 2.29. The third-order valence-corrected chi connectivity index (χ3v) is 2.95. The first-order chi connectivity index (χ1) is 6.75. The summed E-state index contributed by atoms with van der Waals surface area (Å²) < 4.78 is 6.81. The van der Waals surface area contributed by atoms with E-state index in [-0.39, 0.29) is 6.10 Å². The molecule has 0 fully saturated rings. The molecule has 0 bridgehead atoms. The van der Waals surface area contributed by atoms with Crippen LogP contribution >= 0.6 is 15.9 Å². The summed E-state index contributed by atoms with van der Waals surface area (Å²) in [4.78, 5) is 0. The summed E-state index contributed by atoms with van der Waals surface area (Å²) in [6.07, 6.45) is 3.39. The number of benzene rings is 1. The van der Waals surface area contributed by atoms with E-state index in [2.05, 4.69) is 47.1 Å². The lowest BCUT2D eigenvalue weighted by molar-refractivity contribution is 0.0641. The Hall–Kier alpha value is -0.600. The maximum Gasteiger partial charge on any atom is 0.0866 e. The largest absolute Gasteiger partial charge is 0.369 e. The van der Waals surface area contributed by atoms with Crippen LogP contribution in [-0.4, -0.2) is 6.61 Å². The van der Waals surface area contributed by atoms with E-state index in [0.29, 0.717) is 0 Å². The van der Waals surface area contributed by atoms with Gasteiger partial charge in [0.15, 0.2) is 0 Å². The van der Waals surface area contributed by atoms with E-state index in [0.717, 1.165) is 17.5 Å².